The molecule has 0 aliphatic carbocycles. The van der Waals surface area contributed by atoms with Gasteiger partial charge in [0.05, 0.1) is 5.60 Å². The quantitative estimate of drug-likeness (QED) is 0.157. The summed E-state index contributed by atoms with van der Waals surface area (Å²) >= 11 is 0. The maximum atomic E-state index is 6.74. The topological polar surface area (TPSA) is 18.5 Å². The van der Waals surface area contributed by atoms with E-state index in [0.717, 1.165) is 19.4 Å². The van der Waals surface area contributed by atoms with Crippen molar-refractivity contribution in [1.29, 1.82) is 0 Å². The van der Waals surface area contributed by atoms with Gasteiger partial charge in [0.1, 0.15) is 0 Å². The van der Waals surface area contributed by atoms with Crippen molar-refractivity contribution in [3.8, 4) is 0 Å². The summed E-state index contributed by atoms with van der Waals surface area (Å²) in [7, 11) is -3.11. The van der Waals surface area contributed by atoms with Gasteiger partial charge in [0.15, 0.2) is 16.6 Å². The largest absolute Gasteiger partial charge is 0.417 e. The summed E-state index contributed by atoms with van der Waals surface area (Å²) in [5, 5.41) is 0.298. The van der Waals surface area contributed by atoms with Crippen molar-refractivity contribution in [2.24, 2.45) is 5.92 Å². The Morgan fingerprint density at radius 1 is 0.929 bits per heavy atom. The van der Waals surface area contributed by atoms with E-state index in [2.05, 4.69) is 87.6 Å². The third kappa shape index (κ3) is 10.2. The Morgan fingerprint density at radius 3 is 1.93 bits per heavy atom. The van der Waals surface area contributed by atoms with Crippen molar-refractivity contribution in [1.82, 2.24) is 0 Å². The summed E-state index contributed by atoms with van der Waals surface area (Å²) in [5.41, 5.74) is 0.0225. The fourth-order valence-electron chi connectivity index (χ4n) is 3.48. The maximum absolute atomic E-state index is 6.74. The van der Waals surface area contributed by atoms with Crippen molar-refractivity contribution in [2.45, 2.75) is 130 Å². The highest BCUT2D eigenvalue weighted by Crippen LogP contribution is 2.36. The first-order valence-electron chi connectivity index (χ1n) is 11.7. The molecule has 0 aromatic rings. The predicted molar refractivity (Wildman–Crippen MR) is 132 cm³/mol. The van der Waals surface area contributed by atoms with Crippen molar-refractivity contribution >= 4 is 16.6 Å². The van der Waals surface area contributed by atoms with E-state index >= 15 is 0 Å². The van der Waals surface area contributed by atoms with Crippen LogP contribution in [0.25, 0.3) is 0 Å². The Kier molecular flexibility index (Phi) is 12.1. The summed E-state index contributed by atoms with van der Waals surface area (Å²) in [5.74, 6) is 0.634. The molecule has 0 radical (unpaired) electrons. The Hall–Kier alpha value is 0.0938. The first-order chi connectivity index (χ1) is 12.7. The smallest absolute Gasteiger partial charge is 0.192 e. The van der Waals surface area contributed by atoms with E-state index in [1.54, 1.807) is 0 Å². The summed E-state index contributed by atoms with van der Waals surface area (Å²) in [4.78, 5) is 0. The van der Waals surface area contributed by atoms with E-state index in [1.165, 1.54) is 31.0 Å². The van der Waals surface area contributed by atoms with Crippen molar-refractivity contribution < 1.29 is 8.85 Å². The van der Waals surface area contributed by atoms with E-state index < -0.39 is 16.6 Å². The monoisotopic (exact) mass is 428 g/mol. The molecule has 1 unspecified atom stereocenters. The highest BCUT2D eigenvalue weighted by molar-refractivity contribution is 6.74. The average Bonchev–Trinajstić information content (AvgIpc) is 2.58. The summed E-state index contributed by atoms with van der Waals surface area (Å²) in [6.07, 6.45) is 9.37. The first kappa shape index (κ1) is 28.1. The van der Waals surface area contributed by atoms with Crippen LogP contribution in [0.5, 0.6) is 0 Å². The van der Waals surface area contributed by atoms with Crippen LogP contribution in [-0.2, 0) is 8.85 Å². The maximum Gasteiger partial charge on any atom is 0.192 e. The van der Waals surface area contributed by atoms with Gasteiger partial charge in [0.2, 0.25) is 0 Å². The zero-order valence-corrected chi connectivity index (χ0v) is 23.2. The van der Waals surface area contributed by atoms with Crippen molar-refractivity contribution in [3.05, 3.63) is 12.2 Å². The molecule has 4 heteroatoms. The molecule has 28 heavy (non-hydrogen) atoms. The SMILES string of the molecule is CC[Si](CC)(CC)OC(C)(C)CCCC(C)C=CCCO[Si](C)(C)C(C)(C)C. The molecule has 1 atom stereocenters. The van der Waals surface area contributed by atoms with Gasteiger partial charge in [-0.1, -0.05) is 67.0 Å². The molecule has 2 nitrogen and oxygen atoms in total. The van der Waals surface area contributed by atoms with Crippen LogP contribution in [0.4, 0.5) is 0 Å². The van der Waals surface area contributed by atoms with Crippen molar-refractivity contribution in [3.63, 3.8) is 0 Å². The number of rotatable bonds is 14. The van der Waals surface area contributed by atoms with Crippen LogP contribution in [0.2, 0.25) is 36.3 Å². The predicted octanol–water partition coefficient (Wildman–Crippen LogP) is 8.56. The summed E-state index contributed by atoms with van der Waals surface area (Å²) in [6.45, 7) is 26.3. The van der Waals surface area contributed by atoms with Crippen LogP contribution >= 0.6 is 0 Å². The van der Waals surface area contributed by atoms with Gasteiger partial charge in [0.25, 0.3) is 0 Å². The van der Waals surface area contributed by atoms with E-state index in [-0.39, 0.29) is 5.60 Å². The Morgan fingerprint density at radius 2 is 1.46 bits per heavy atom. The molecule has 0 heterocycles. The molecule has 0 aromatic heterocycles. The van der Waals surface area contributed by atoms with Crippen LogP contribution in [0.15, 0.2) is 12.2 Å². The summed E-state index contributed by atoms with van der Waals surface area (Å²) < 4.78 is 13.0. The number of allylic oxidation sites excluding steroid dienone is 1. The molecule has 0 saturated heterocycles. The van der Waals surface area contributed by atoms with Gasteiger partial charge in [-0.25, -0.2) is 0 Å². The Bertz CT molecular complexity index is 438. The van der Waals surface area contributed by atoms with Gasteiger partial charge in [-0.15, -0.1) is 0 Å². The molecule has 0 aromatic carbocycles. The van der Waals surface area contributed by atoms with Gasteiger partial charge in [-0.05, 0) is 75.3 Å². The zero-order valence-electron chi connectivity index (χ0n) is 21.2. The normalized spacial score (nSPS) is 15.4. The molecule has 0 aliphatic heterocycles. The second-order valence-corrected chi connectivity index (χ2v) is 20.3. The van der Waals surface area contributed by atoms with Gasteiger partial charge in [-0.2, -0.15) is 0 Å². The highest BCUT2D eigenvalue weighted by Gasteiger charge is 2.37. The lowest BCUT2D eigenvalue weighted by atomic mass is 9.96. The molecule has 0 bridgehead atoms. The molecule has 0 rings (SSSR count). The third-order valence-corrected chi connectivity index (χ3v) is 16.3. The standard InChI is InChI=1S/C24H52O2Si2/c1-12-28(13-2,14-3)26-24(8,9)20-17-19-22(4)18-15-16-21-25-27(10,11)23(5,6)7/h15,18,22H,12-14,16-17,19-21H2,1-11H3. The van der Waals surface area contributed by atoms with Gasteiger partial charge in [0, 0.05) is 6.61 Å². The Balaban J connectivity index is 4.24. The van der Waals surface area contributed by atoms with Gasteiger partial charge in [-0.3, -0.25) is 0 Å². The molecule has 0 aliphatic rings. The molecule has 0 spiro atoms. The van der Waals surface area contributed by atoms with Crippen LogP contribution in [-0.4, -0.2) is 28.8 Å². The minimum Gasteiger partial charge on any atom is -0.417 e. The average molecular weight is 429 g/mol. The second-order valence-electron chi connectivity index (χ2n) is 10.8. The van der Waals surface area contributed by atoms with Crippen LogP contribution in [0.3, 0.4) is 0 Å². The molecule has 0 saturated carbocycles. The first-order valence-corrected chi connectivity index (χ1v) is 17.2. The lowest BCUT2D eigenvalue weighted by Crippen LogP contribution is -2.44. The van der Waals surface area contributed by atoms with Crippen LogP contribution in [0.1, 0.15) is 88.0 Å². The van der Waals surface area contributed by atoms with Crippen molar-refractivity contribution in [2.75, 3.05) is 6.61 Å². The van der Waals surface area contributed by atoms with Gasteiger partial charge < -0.3 is 8.85 Å². The lowest BCUT2D eigenvalue weighted by molar-refractivity contribution is 0.0821. The highest BCUT2D eigenvalue weighted by atomic mass is 28.4. The van der Waals surface area contributed by atoms with E-state index in [9.17, 15) is 0 Å². The summed E-state index contributed by atoms with van der Waals surface area (Å²) in [6, 6.07) is 3.71. The fourth-order valence-corrected chi connectivity index (χ4v) is 7.75. The second kappa shape index (κ2) is 12.1. The van der Waals surface area contributed by atoms with E-state index in [1.807, 2.05) is 0 Å². The number of hydrogen-bond donors (Lipinski definition) is 0. The third-order valence-electron chi connectivity index (χ3n) is 6.88. The minimum atomic E-state index is -1.60. The lowest BCUT2D eigenvalue weighted by Gasteiger charge is -2.38. The molecule has 0 fully saturated rings. The van der Waals surface area contributed by atoms with Gasteiger partial charge >= 0.3 is 0 Å². The molecule has 168 valence electrons. The zero-order chi connectivity index (χ0) is 22.1. The van der Waals surface area contributed by atoms with E-state index in [0.29, 0.717) is 11.0 Å². The molecule has 0 amide bonds. The van der Waals surface area contributed by atoms with Crippen LogP contribution < -0.4 is 0 Å². The minimum absolute atomic E-state index is 0.0225. The van der Waals surface area contributed by atoms with E-state index in [4.69, 9.17) is 8.85 Å². The number of hydrogen-bond acceptors (Lipinski definition) is 2. The molecular formula is C24H52O2Si2. The fraction of sp³-hybridized carbons (Fsp3) is 0.917. The Labute approximate surface area is 180 Å². The molecular weight excluding hydrogens is 376 g/mol. The van der Waals surface area contributed by atoms with Crippen LogP contribution in [0, 0.1) is 5.92 Å². The molecule has 0 N–H and O–H groups in total.